The van der Waals surface area contributed by atoms with Crippen LogP contribution < -0.4 is 0 Å². The zero-order chi connectivity index (χ0) is 14.6. The number of aliphatic carboxylic acids is 1. The molecule has 104 valence electrons. The van der Waals surface area contributed by atoms with Crippen molar-refractivity contribution in [2.75, 3.05) is 0 Å². The highest BCUT2D eigenvalue weighted by Gasteiger charge is 2.33. The van der Waals surface area contributed by atoms with Crippen molar-refractivity contribution < 1.29 is 24.6 Å². The summed E-state index contributed by atoms with van der Waals surface area (Å²) in [6, 6.07) is 6.45. The molecule has 0 radical (unpaired) electrons. The molecule has 0 saturated heterocycles. The molecule has 0 aliphatic carbocycles. The second-order valence-corrected chi connectivity index (χ2v) is 4.98. The van der Waals surface area contributed by atoms with Gasteiger partial charge >= 0.3 is 12.1 Å². The summed E-state index contributed by atoms with van der Waals surface area (Å²) in [6.45, 7) is 4.87. The van der Waals surface area contributed by atoms with Crippen LogP contribution >= 0.6 is 0 Å². The first-order valence-electron chi connectivity index (χ1n) is 5.71. The van der Waals surface area contributed by atoms with Crippen LogP contribution in [-0.2, 0) is 9.53 Å². The first kappa shape index (κ1) is 15.0. The van der Waals surface area contributed by atoms with Crippen LogP contribution in [0.3, 0.4) is 0 Å². The smallest absolute Gasteiger partial charge is 0.435 e. The van der Waals surface area contributed by atoms with Crippen LogP contribution in [0.4, 0.5) is 4.79 Å². The van der Waals surface area contributed by atoms with Crippen molar-refractivity contribution in [3.63, 3.8) is 0 Å². The molecule has 0 aromatic heterocycles. The van der Waals surface area contributed by atoms with Crippen molar-refractivity contribution >= 4 is 12.1 Å². The van der Waals surface area contributed by atoms with E-state index in [1.54, 1.807) is 39.0 Å². The average Bonchev–Trinajstić information content (AvgIpc) is 2.27. The summed E-state index contributed by atoms with van der Waals surface area (Å²) in [4.78, 5) is 22.9. The van der Waals surface area contributed by atoms with Crippen LogP contribution in [0, 0.1) is 0 Å². The third kappa shape index (κ3) is 4.26. The molecule has 1 unspecified atom stereocenters. The van der Waals surface area contributed by atoms with Crippen molar-refractivity contribution in [3.8, 4) is 0 Å². The molecule has 0 aliphatic heterocycles. The van der Waals surface area contributed by atoms with Crippen LogP contribution in [0.25, 0.3) is 0 Å². The van der Waals surface area contributed by atoms with Gasteiger partial charge in [-0.15, -0.1) is 0 Å². The second-order valence-electron chi connectivity index (χ2n) is 4.98. The maximum Gasteiger partial charge on any atom is 0.435 e. The number of nitrogens with zero attached hydrogens (tertiary/aromatic N) is 1. The molecule has 1 atom stereocenters. The number of hydroxylamine groups is 2. The van der Waals surface area contributed by atoms with E-state index in [0.29, 0.717) is 0 Å². The Labute approximate surface area is 111 Å². The van der Waals surface area contributed by atoms with E-state index >= 15 is 0 Å². The number of rotatable bonds is 3. The molecule has 2 N–H and O–H groups in total. The minimum absolute atomic E-state index is 0.0862. The SMILES string of the molecule is CC(C)(C)OC(=O)N(O)C(C(=O)O)c1ccccc1. The third-order valence-corrected chi connectivity index (χ3v) is 2.17. The van der Waals surface area contributed by atoms with Crippen LogP contribution in [-0.4, -0.2) is 33.0 Å². The van der Waals surface area contributed by atoms with Crippen molar-refractivity contribution in [1.29, 1.82) is 0 Å². The van der Waals surface area contributed by atoms with Crippen LogP contribution in [0.2, 0.25) is 0 Å². The fraction of sp³-hybridized carbons (Fsp3) is 0.385. The summed E-state index contributed by atoms with van der Waals surface area (Å²) in [5, 5.41) is 19.0. The molecule has 0 fully saturated rings. The lowest BCUT2D eigenvalue weighted by Crippen LogP contribution is -2.40. The Kier molecular flexibility index (Phi) is 4.50. The third-order valence-electron chi connectivity index (χ3n) is 2.17. The van der Waals surface area contributed by atoms with Gasteiger partial charge in [0.05, 0.1) is 0 Å². The molecule has 1 aromatic carbocycles. The Hall–Kier alpha value is -2.08. The fourth-order valence-corrected chi connectivity index (χ4v) is 1.44. The summed E-state index contributed by atoms with van der Waals surface area (Å²) in [7, 11) is 0. The molecule has 0 bridgehead atoms. The first-order valence-corrected chi connectivity index (χ1v) is 5.71. The second kappa shape index (κ2) is 5.71. The van der Waals surface area contributed by atoms with Gasteiger partial charge in [0.1, 0.15) is 5.60 Å². The van der Waals surface area contributed by atoms with Gasteiger partial charge in [0.15, 0.2) is 6.04 Å². The normalized spacial score (nSPS) is 12.6. The van der Waals surface area contributed by atoms with Gasteiger partial charge in [-0.1, -0.05) is 30.3 Å². The summed E-state index contributed by atoms with van der Waals surface area (Å²) >= 11 is 0. The van der Waals surface area contributed by atoms with E-state index in [4.69, 9.17) is 9.84 Å². The van der Waals surface area contributed by atoms with Crippen LogP contribution in [0.1, 0.15) is 32.4 Å². The highest BCUT2D eigenvalue weighted by molar-refractivity contribution is 5.80. The molecule has 0 spiro atoms. The Bertz CT molecular complexity index is 452. The predicted molar refractivity (Wildman–Crippen MR) is 66.7 cm³/mol. The number of carboxylic acid groups (broad SMARTS) is 1. The zero-order valence-electron chi connectivity index (χ0n) is 11.0. The lowest BCUT2D eigenvalue weighted by molar-refractivity contribution is -0.165. The van der Waals surface area contributed by atoms with Crippen LogP contribution in [0.15, 0.2) is 30.3 Å². The molecule has 0 saturated carbocycles. The quantitative estimate of drug-likeness (QED) is 0.648. The summed E-state index contributed by atoms with van der Waals surface area (Å²) in [5.74, 6) is -1.35. The van der Waals surface area contributed by atoms with Crippen LogP contribution in [0.5, 0.6) is 0 Å². The van der Waals surface area contributed by atoms with E-state index < -0.39 is 23.7 Å². The van der Waals surface area contributed by atoms with Crippen molar-refractivity contribution in [3.05, 3.63) is 35.9 Å². The lowest BCUT2D eigenvalue weighted by Gasteiger charge is -2.26. The van der Waals surface area contributed by atoms with Gasteiger partial charge in [0, 0.05) is 0 Å². The average molecular weight is 267 g/mol. The molecule has 1 aromatic rings. The predicted octanol–water partition coefficient (Wildman–Crippen LogP) is 2.44. The minimum atomic E-state index is -1.50. The van der Waals surface area contributed by atoms with Gasteiger partial charge in [0.25, 0.3) is 0 Å². The summed E-state index contributed by atoms with van der Waals surface area (Å²) in [6.07, 6.45) is -1.11. The van der Waals surface area contributed by atoms with Gasteiger partial charge in [0.2, 0.25) is 0 Å². The first-order chi connectivity index (χ1) is 8.72. The number of carboxylic acids is 1. The number of hydrogen-bond donors (Lipinski definition) is 2. The summed E-state index contributed by atoms with van der Waals surface area (Å²) in [5.41, 5.74) is -0.541. The maximum absolute atomic E-state index is 11.7. The fourth-order valence-electron chi connectivity index (χ4n) is 1.44. The Morgan fingerprint density at radius 3 is 2.16 bits per heavy atom. The van der Waals surface area contributed by atoms with Gasteiger partial charge in [-0.3, -0.25) is 5.21 Å². The molecule has 6 heteroatoms. The van der Waals surface area contributed by atoms with Gasteiger partial charge in [-0.2, -0.15) is 5.06 Å². The molecule has 0 heterocycles. The highest BCUT2D eigenvalue weighted by Crippen LogP contribution is 2.21. The summed E-state index contributed by atoms with van der Waals surface area (Å²) < 4.78 is 4.93. The molecule has 6 nitrogen and oxygen atoms in total. The van der Waals surface area contributed by atoms with E-state index in [1.165, 1.54) is 12.1 Å². The van der Waals surface area contributed by atoms with E-state index in [0.717, 1.165) is 0 Å². The molecule has 0 aliphatic rings. The monoisotopic (exact) mass is 267 g/mol. The highest BCUT2D eigenvalue weighted by atomic mass is 16.6. The molecular formula is C13H17NO5. The standard InChI is InChI=1S/C13H17NO5/c1-13(2,3)19-12(17)14(18)10(11(15)16)9-7-5-4-6-8-9/h4-8,10,18H,1-3H3,(H,15,16). The van der Waals surface area contributed by atoms with E-state index in [-0.39, 0.29) is 10.6 Å². The van der Waals surface area contributed by atoms with E-state index in [2.05, 4.69) is 0 Å². The van der Waals surface area contributed by atoms with Gasteiger partial charge in [-0.05, 0) is 26.3 Å². The number of benzene rings is 1. The Morgan fingerprint density at radius 2 is 1.74 bits per heavy atom. The number of hydrogen-bond acceptors (Lipinski definition) is 4. The number of carbonyl (C=O) groups excluding carboxylic acids is 1. The van der Waals surface area contributed by atoms with Gasteiger partial charge < -0.3 is 9.84 Å². The van der Waals surface area contributed by atoms with E-state index in [9.17, 15) is 14.8 Å². The van der Waals surface area contributed by atoms with Crippen molar-refractivity contribution in [1.82, 2.24) is 5.06 Å². The zero-order valence-corrected chi connectivity index (χ0v) is 11.0. The topological polar surface area (TPSA) is 87.1 Å². The molecule has 1 amide bonds. The Morgan fingerprint density at radius 1 is 1.21 bits per heavy atom. The molecule has 1 rings (SSSR count). The van der Waals surface area contributed by atoms with Gasteiger partial charge in [-0.25, -0.2) is 9.59 Å². The number of amides is 1. The van der Waals surface area contributed by atoms with Crippen molar-refractivity contribution in [2.45, 2.75) is 32.4 Å². The molecule has 19 heavy (non-hydrogen) atoms. The Balaban J connectivity index is 2.95. The minimum Gasteiger partial charge on any atom is -0.479 e. The molecular weight excluding hydrogens is 250 g/mol. The van der Waals surface area contributed by atoms with E-state index in [1.807, 2.05) is 0 Å². The van der Waals surface area contributed by atoms with Crippen molar-refractivity contribution in [2.24, 2.45) is 0 Å². The number of ether oxygens (including phenoxy) is 1. The number of carbonyl (C=O) groups is 2. The largest absolute Gasteiger partial charge is 0.479 e. The maximum atomic E-state index is 11.7. The lowest BCUT2D eigenvalue weighted by atomic mass is 10.1.